The van der Waals surface area contributed by atoms with Crippen LogP contribution in [-0.4, -0.2) is 0 Å². The molecule has 0 bridgehead atoms. The first-order chi connectivity index (χ1) is 5.16. The number of nitrogens with two attached hydrogens (primary N) is 1. The van der Waals surface area contributed by atoms with E-state index >= 15 is 0 Å². The van der Waals surface area contributed by atoms with Crippen molar-refractivity contribution < 1.29 is 0 Å². The summed E-state index contributed by atoms with van der Waals surface area (Å²) >= 11 is 0. The monoisotopic (exact) mass is 151 g/mol. The third-order valence-electron chi connectivity index (χ3n) is 1.24. The van der Waals surface area contributed by atoms with Crippen LogP contribution in [0.15, 0.2) is 26.8 Å². The fraction of sp³-hybridized carbons (Fsp3) is 0. The van der Waals surface area contributed by atoms with Crippen molar-refractivity contribution in [3.8, 4) is 0 Å². The SMILES string of the molecule is N=c1c(=O)cc/c(=N\N)c1=O. The van der Waals surface area contributed by atoms with Crippen LogP contribution in [0.5, 0.6) is 0 Å². The molecule has 0 amide bonds. The maximum absolute atomic E-state index is 10.9. The van der Waals surface area contributed by atoms with E-state index in [0.717, 1.165) is 6.07 Å². The molecule has 1 aromatic carbocycles. The van der Waals surface area contributed by atoms with Gasteiger partial charge >= 0.3 is 0 Å². The molecule has 1 rings (SSSR count). The zero-order chi connectivity index (χ0) is 8.43. The predicted molar refractivity (Wildman–Crippen MR) is 37.0 cm³/mol. The van der Waals surface area contributed by atoms with Gasteiger partial charge in [-0.2, -0.15) is 5.10 Å². The first-order valence-electron chi connectivity index (χ1n) is 2.80. The lowest BCUT2D eigenvalue weighted by Crippen LogP contribution is -2.46. The van der Waals surface area contributed by atoms with Crippen LogP contribution in [0.2, 0.25) is 0 Å². The van der Waals surface area contributed by atoms with Crippen LogP contribution in [0.25, 0.3) is 0 Å². The van der Waals surface area contributed by atoms with E-state index in [1.807, 2.05) is 0 Å². The normalized spacial score (nSPS) is 11.8. The summed E-state index contributed by atoms with van der Waals surface area (Å²) in [5.41, 5.74) is -1.33. The van der Waals surface area contributed by atoms with Gasteiger partial charge in [-0.3, -0.25) is 15.0 Å². The van der Waals surface area contributed by atoms with E-state index in [1.54, 1.807) is 0 Å². The zero-order valence-corrected chi connectivity index (χ0v) is 5.50. The molecule has 0 aliphatic carbocycles. The first-order valence-corrected chi connectivity index (χ1v) is 2.80. The van der Waals surface area contributed by atoms with Gasteiger partial charge in [0.05, 0.1) is 0 Å². The maximum atomic E-state index is 10.9. The second-order valence-corrected chi connectivity index (χ2v) is 1.92. The van der Waals surface area contributed by atoms with Gasteiger partial charge in [0.15, 0.2) is 5.36 Å². The number of rotatable bonds is 0. The minimum absolute atomic E-state index is 0.0606. The highest BCUT2D eigenvalue weighted by Crippen LogP contribution is 1.51. The van der Waals surface area contributed by atoms with Crippen molar-refractivity contribution in [2.75, 3.05) is 0 Å². The molecule has 0 aliphatic heterocycles. The Hall–Kier alpha value is -1.78. The molecule has 11 heavy (non-hydrogen) atoms. The average Bonchev–Trinajstić information content (AvgIpc) is 2.01. The molecule has 0 saturated carbocycles. The van der Waals surface area contributed by atoms with Crippen molar-refractivity contribution in [3.05, 3.63) is 43.3 Å². The number of nitrogens with zero attached hydrogens (tertiary/aromatic N) is 1. The first kappa shape index (κ1) is 7.33. The molecule has 5 nitrogen and oxygen atoms in total. The third-order valence-corrected chi connectivity index (χ3v) is 1.24. The molecular weight excluding hydrogens is 146 g/mol. The van der Waals surface area contributed by atoms with Crippen LogP contribution in [0.3, 0.4) is 0 Å². The van der Waals surface area contributed by atoms with Crippen molar-refractivity contribution in [1.82, 2.24) is 0 Å². The van der Waals surface area contributed by atoms with Crippen LogP contribution in [0, 0.1) is 5.41 Å². The number of hydrogen-bond donors (Lipinski definition) is 2. The Bertz CT molecular complexity index is 468. The van der Waals surface area contributed by atoms with Gasteiger partial charge in [0.1, 0.15) is 5.36 Å². The van der Waals surface area contributed by atoms with Gasteiger partial charge in [0, 0.05) is 0 Å². The molecule has 1 aromatic rings. The molecule has 0 atom stereocenters. The molecule has 5 heteroatoms. The fourth-order valence-corrected chi connectivity index (χ4v) is 0.655. The quantitative estimate of drug-likeness (QED) is 0.318. The van der Waals surface area contributed by atoms with E-state index in [1.165, 1.54) is 6.07 Å². The molecular formula is C6H5N3O2. The smallest absolute Gasteiger partial charge is 0.234 e. The Kier molecular flexibility index (Phi) is 1.63. The van der Waals surface area contributed by atoms with Crippen LogP contribution in [-0.2, 0) is 0 Å². The number of hydrogen-bond acceptors (Lipinski definition) is 5. The lowest BCUT2D eigenvalue weighted by atomic mass is 10.3. The fourth-order valence-electron chi connectivity index (χ4n) is 0.655. The van der Waals surface area contributed by atoms with E-state index < -0.39 is 16.2 Å². The summed E-state index contributed by atoms with van der Waals surface area (Å²) in [6.45, 7) is 0. The standard InChI is InChI=1S/C6H5N3O2/c7-5-4(10)2-1-3(9-8)6(5)11/h1-2,7H,8H2/b7-5?,9-3+. The van der Waals surface area contributed by atoms with Gasteiger partial charge in [0.2, 0.25) is 10.9 Å². The van der Waals surface area contributed by atoms with E-state index in [9.17, 15) is 9.59 Å². The summed E-state index contributed by atoms with van der Waals surface area (Å²) in [6.07, 6.45) is 0. The molecule has 0 unspecified atom stereocenters. The van der Waals surface area contributed by atoms with Crippen LogP contribution < -0.4 is 27.4 Å². The van der Waals surface area contributed by atoms with E-state index in [4.69, 9.17) is 11.3 Å². The van der Waals surface area contributed by atoms with Crippen molar-refractivity contribution in [1.29, 1.82) is 5.41 Å². The van der Waals surface area contributed by atoms with Gasteiger partial charge in [-0.1, -0.05) is 0 Å². The zero-order valence-electron chi connectivity index (χ0n) is 5.50. The number of benzene rings is 1. The van der Waals surface area contributed by atoms with Gasteiger partial charge in [-0.15, -0.1) is 0 Å². The van der Waals surface area contributed by atoms with Gasteiger partial charge in [0.25, 0.3) is 0 Å². The minimum Gasteiger partial charge on any atom is -0.323 e. The summed E-state index contributed by atoms with van der Waals surface area (Å²) < 4.78 is 0. The van der Waals surface area contributed by atoms with Crippen molar-refractivity contribution in [3.63, 3.8) is 0 Å². The van der Waals surface area contributed by atoms with Gasteiger partial charge in [-0.25, -0.2) is 0 Å². The Labute approximate surface area is 60.6 Å². The number of nitrogens with one attached hydrogen (secondary N) is 1. The molecule has 0 aromatic heterocycles. The molecule has 0 spiro atoms. The Balaban J connectivity index is 3.95. The second kappa shape index (κ2) is 2.45. The summed E-state index contributed by atoms with van der Waals surface area (Å²) in [6, 6.07) is 2.29. The second-order valence-electron chi connectivity index (χ2n) is 1.92. The third kappa shape index (κ3) is 1.07. The summed E-state index contributed by atoms with van der Waals surface area (Å²) in [4.78, 5) is 21.5. The highest BCUT2D eigenvalue weighted by atomic mass is 16.1. The van der Waals surface area contributed by atoms with Gasteiger partial charge < -0.3 is 5.84 Å². The van der Waals surface area contributed by atoms with Crippen molar-refractivity contribution in [2.45, 2.75) is 0 Å². The maximum Gasteiger partial charge on any atom is 0.234 e. The predicted octanol–water partition coefficient (Wildman–Crippen LogP) is -2.46. The van der Waals surface area contributed by atoms with E-state index in [2.05, 4.69) is 5.10 Å². The molecule has 0 fully saturated rings. The van der Waals surface area contributed by atoms with Crippen LogP contribution >= 0.6 is 0 Å². The molecule has 0 aliphatic rings. The van der Waals surface area contributed by atoms with Crippen molar-refractivity contribution in [2.24, 2.45) is 10.9 Å². The van der Waals surface area contributed by atoms with Crippen LogP contribution in [0.4, 0.5) is 0 Å². The lowest BCUT2D eigenvalue weighted by Gasteiger charge is -1.79. The Morgan fingerprint density at radius 2 is 2.00 bits per heavy atom. The highest BCUT2D eigenvalue weighted by Gasteiger charge is 1.95. The lowest BCUT2D eigenvalue weighted by molar-refractivity contribution is 1.08. The van der Waals surface area contributed by atoms with E-state index in [0.29, 0.717) is 0 Å². The topological polar surface area (TPSA) is 96.4 Å². The Morgan fingerprint density at radius 1 is 1.36 bits per heavy atom. The van der Waals surface area contributed by atoms with Crippen LogP contribution in [0.1, 0.15) is 0 Å². The summed E-state index contributed by atoms with van der Waals surface area (Å²) in [5.74, 6) is 4.81. The minimum atomic E-state index is -0.722. The molecule has 0 radical (unpaired) electrons. The molecule has 0 saturated heterocycles. The largest absolute Gasteiger partial charge is 0.323 e. The van der Waals surface area contributed by atoms with Gasteiger partial charge in [-0.05, 0) is 12.1 Å². The average molecular weight is 151 g/mol. The van der Waals surface area contributed by atoms with Crippen molar-refractivity contribution >= 4 is 0 Å². The Morgan fingerprint density at radius 3 is 2.55 bits per heavy atom. The summed E-state index contributed by atoms with van der Waals surface area (Å²) in [5, 5.41) is 9.40. The molecule has 0 heterocycles. The molecule has 56 valence electrons. The highest BCUT2D eigenvalue weighted by molar-refractivity contribution is 5.00. The van der Waals surface area contributed by atoms with E-state index in [-0.39, 0.29) is 5.36 Å². The molecule has 3 N–H and O–H groups in total. The summed E-state index contributed by atoms with van der Waals surface area (Å²) in [7, 11) is 0.